The van der Waals surface area contributed by atoms with Crippen LogP contribution in [0, 0.1) is 5.92 Å². The highest BCUT2D eigenvalue weighted by Crippen LogP contribution is 2.39. The van der Waals surface area contributed by atoms with Gasteiger partial charge in [-0.3, -0.25) is 4.79 Å². The molecule has 1 atom stereocenters. The molecule has 1 N–H and O–H groups in total. The fraction of sp³-hybridized carbons (Fsp3) is 0.478. The highest BCUT2D eigenvalue weighted by atomic mass is 32.2. The summed E-state index contributed by atoms with van der Waals surface area (Å²) in [5, 5.41) is 3.76. The summed E-state index contributed by atoms with van der Waals surface area (Å²) in [5.41, 5.74) is 1.07. The number of hydrogen-bond donors (Lipinski definition) is 1. The van der Waals surface area contributed by atoms with E-state index in [1.54, 1.807) is 6.08 Å². The first-order valence-corrected chi connectivity index (χ1v) is 11.0. The summed E-state index contributed by atoms with van der Waals surface area (Å²) < 4.78 is 5.49. The van der Waals surface area contributed by atoms with E-state index in [9.17, 15) is 4.79 Å². The zero-order chi connectivity index (χ0) is 19.8. The van der Waals surface area contributed by atoms with E-state index in [4.69, 9.17) is 4.74 Å². The largest absolute Gasteiger partial charge is 0.381 e. The third-order valence-corrected chi connectivity index (χ3v) is 6.49. The van der Waals surface area contributed by atoms with Crippen LogP contribution in [0.25, 0.3) is 0 Å². The second-order valence-corrected chi connectivity index (χ2v) is 8.79. The monoisotopic (exact) mass is 398 g/mol. The molecule has 1 unspecified atom stereocenters. The Bertz CT molecular complexity index is 717. The van der Waals surface area contributed by atoms with E-state index < -0.39 is 0 Å². The van der Waals surface area contributed by atoms with Gasteiger partial charge in [-0.1, -0.05) is 24.8 Å². The molecule has 150 valence electrons. The van der Waals surface area contributed by atoms with Gasteiger partial charge >= 0.3 is 0 Å². The van der Waals surface area contributed by atoms with Gasteiger partial charge in [-0.15, -0.1) is 11.8 Å². The minimum Gasteiger partial charge on any atom is -0.381 e. The van der Waals surface area contributed by atoms with Gasteiger partial charge in [0.15, 0.2) is 0 Å². The van der Waals surface area contributed by atoms with Crippen LogP contribution in [0.2, 0.25) is 0 Å². The molecule has 1 aromatic carbocycles. The minimum absolute atomic E-state index is 0.00668. The molecule has 1 aromatic rings. The summed E-state index contributed by atoms with van der Waals surface area (Å²) in [5.74, 6) is 0.836. The molecular weight excluding hydrogens is 368 g/mol. The quantitative estimate of drug-likeness (QED) is 0.491. The predicted octanol–water partition coefficient (Wildman–Crippen LogP) is 5.08. The Morgan fingerprint density at radius 2 is 2.00 bits per heavy atom. The number of aliphatic imine (C=N–C) groups is 1. The van der Waals surface area contributed by atoms with Crippen molar-refractivity contribution in [2.75, 3.05) is 13.2 Å². The second kappa shape index (κ2) is 10.6. The normalized spacial score (nSPS) is 19.5. The summed E-state index contributed by atoms with van der Waals surface area (Å²) in [6.07, 6.45) is 10.6. The lowest BCUT2D eigenvalue weighted by atomic mass is 9.84. The van der Waals surface area contributed by atoms with Gasteiger partial charge in [-0.2, -0.15) is 0 Å². The van der Waals surface area contributed by atoms with Crippen LogP contribution in [0.4, 0.5) is 0 Å². The van der Waals surface area contributed by atoms with E-state index >= 15 is 0 Å². The topological polar surface area (TPSA) is 50.7 Å². The van der Waals surface area contributed by atoms with Gasteiger partial charge in [0.05, 0.1) is 5.92 Å². The third-order valence-electron chi connectivity index (χ3n) is 5.14. The molecule has 1 saturated heterocycles. The number of carbonyl (C=O) groups excluding carboxylic acids is 1. The maximum absolute atomic E-state index is 13.2. The third kappa shape index (κ3) is 6.35. The number of thioether (sulfide) groups is 1. The number of ether oxygens (including phenoxy) is 1. The highest BCUT2D eigenvalue weighted by Gasteiger charge is 2.27. The molecule has 28 heavy (non-hydrogen) atoms. The van der Waals surface area contributed by atoms with Crippen molar-refractivity contribution in [2.45, 2.75) is 55.1 Å². The number of benzene rings is 1. The SMILES string of the molecule is C=CN=C(/C=C\C)NC(=O)C(CC1CCOCC1)c1ccc(SC2CC2)cc1. The standard InChI is InChI=1S/C23H30N2O2S/c1-3-5-22(24-4-2)25-23(26)21(16-17-12-14-27-15-13-17)18-6-8-19(9-7-18)28-20-10-11-20/h3-9,17,20-21H,2,10-16H2,1H3,(H,24,25,26)/b5-3-. The van der Waals surface area contributed by atoms with E-state index in [0.29, 0.717) is 11.8 Å². The number of allylic oxidation sites excluding steroid dienone is 1. The van der Waals surface area contributed by atoms with Crippen molar-refractivity contribution in [1.82, 2.24) is 5.32 Å². The molecule has 4 nitrogen and oxygen atoms in total. The Balaban J connectivity index is 1.75. The number of carbonyl (C=O) groups is 1. The van der Waals surface area contributed by atoms with Gasteiger partial charge in [-0.25, -0.2) is 4.99 Å². The maximum Gasteiger partial charge on any atom is 0.233 e. The van der Waals surface area contributed by atoms with Crippen molar-refractivity contribution in [1.29, 1.82) is 0 Å². The number of hydrogen-bond acceptors (Lipinski definition) is 4. The molecule has 0 spiro atoms. The molecule has 2 aliphatic rings. The Kier molecular flexibility index (Phi) is 7.92. The average molecular weight is 399 g/mol. The van der Waals surface area contributed by atoms with Crippen LogP contribution in [0.5, 0.6) is 0 Å². The Morgan fingerprint density at radius 1 is 1.29 bits per heavy atom. The fourth-order valence-corrected chi connectivity index (χ4v) is 4.50. The van der Waals surface area contributed by atoms with Crippen LogP contribution in [-0.4, -0.2) is 30.2 Å². The van der Waals surface area contributed by atoms with E-state index in [-0.39, 0.29) is 11.8 Å². The van der Waals surface area contributed by atoms with Crippen molar-refractivity contribution in [2.24, 2.45) is 10.9 Å². The number of nitrogens with zero attached hydrogens (tertiary/aromatic N) is 1. The summed E-state index contributed by atoms with van der Waals surface area (Å²) in [6, 6.07) is 8.56. The van der Waals surface area contributed by atoms with Crippen LogP contribution < -0.4 is 5.32 Å². The highest BCUT2D eigenvalue weighted by molar-refractivity contribution is 8.00. The van der Waals surface area contributed by atoms with Gasteiger partial charge in [0, 0.05) is 29.6 Å². The first-order chi connectivity index (χ1) is 13.7. The summed E-state index contributed by atoms with van der Waals surface area (Å²) in [4.78, 5) is 18.6. The molecule has 0 radical (unpaired) electrons. The molecule has 1 heterocycles. The molecule has 0 aromatic heterocycles. The average Bonchev–Trinajstić information content (AvgIpc) is 3.52. The zero-order valence-corrected chi connectivity index (χ0v) is 17.4. The fourth-order valence-electron chi connectivity index (χ4n) is 3.45. The van der Waals surface area contributed by atoms with Gasteiger partial charge in [0.25, 0.3) is 0 Å². The van der Waals surface area contributed by atoms with E-state index in [1.807, 2.05) is 24.8 Å². The lowest BCUT2D eigenvalue weighted by Gasteiger charge is -2.26. The molecule has 1 amide bonds. The Morgan fingerprint density at radius 3 is 2.61 bits per heavy atom. The first kappa shape index (κ1) is 20.9. The van der Waals surface area contributed by atoms with Gasteiger partial charge < -0.3 is 10.1 Å². The number of nitrogens with one attached hydrogen (secondary N) is 1. The molecule has 1 aliphatic heterocycles. The number of amidine groups is 1. The molecule has 2 fully saturated rings. The van der Waals surface area contributed by atoms with Crippen molar-refractivity contribution in [3.8, 4) is 0 Å². The van der Waals surface area contributed by atoms with Crippen LogP contribution in [0.1, 0.15) is 50.5 Å². The molecule has 1 saturated carbocycles. The van der Waals surface area contributed by atoms with Crippen molar-refractivity contribution < 1.29 is 9.53 Å². The smallest absolute Gasteiger partial charge is 0.233 e. The molecule has 0 bridgehead atoms. The van der Waals surface area contributed by atoms with E-state index in [1.165, 1.54) is 23.9 Å². The zero-order valence-electron chi connectivity index (χ0n) is 16.6. The van der Waals surface area contributed by atoms with Crippen molar-refractivity contribution >= 4 is 23.5 Å². The van der Waals surface area contributed by atoms with Crippen LogP contribution >= 0.6 is 11.8 Å². The minimum atomic E-state index is -0.191. The van der Waals surface area contributed by atoms with Gasteiger partial charge in [0.1, 0.15) is 5.84 Å². The van der Waals surface area contributed by atoms with Crippen LogP contribution in [0.15, 0.2) is 59.1 Å². The number of rotatable bonds is 8. The van der Waals surface area contributed by atoms with Crippen molar-refractivity contribution in [3.63, 3.8) is 0 Å². The van der Waals surface area contributed by atoms with E-state index in [0.717, 1.165) is 43.3 Å². The number of amides is 1. The molecule has 1 aliphatic carbocycles. The van der Waals surface area contributed by atoms with E-state index in [2.05, 4.69) is 41.2 Å². The molecule has 5 heteroatoms. The summed E-state index contributed by atoms with van der Waals surface area (Å²) in [7, 11) is 0. The Hall–Kier alpha value is -1.85. The summed E-state index contributed by atoms with van der Waals surface area (Å²) >= 11 is 1.94. The lowest BCUT2D eigenvalue weighted by Crippen LogP contribution is -2.35. The molecular formula is C23H30N2O2S. The van der Waals surface area contributed by atoms with Gasteiger partial charge in [0.2, 0.25) is 5.91 Å². The second-order valence-electron chi connectivity index (χ2n) is 7.42. The maximum atomic E-state index is 13.2. The van der Waals surface area contributed by atoms with Crippen LogP contribution in [0.3, 0.4) is 0 Å². The van der Waals surface area contributed by atoms with Crippen LogP contribution in [-0.2, 0) is 9.53 Å². The predicted molar refractivity (Wildman–Crippen MR) is 117 cm³/mol. The first-order valence-electron chi connectivity index (χ1n) is 10.2. The molecule has 3 rings (SSSR count). The summed E-state index contributed by atoms with van der Waals surface area (Å²) in [6.45, 7) is 7.12. The lowest BCUT2D eigenvalue weighted by molar-refractivity contribution is -0.121. The van der Waals surface area contributed by atoms with Crippen molar-refractivity contribution in [3.05, 3.63) is 54.8 Å². The Labute approximate surface area is 172 Å². The van der Waals surface area contributed by atoms with Gasteiger partial charge in [-0.05, 0) is 68.7 Å².